The summed E-state index contributed by atoms with van der Waals surface area (Å²) < 4.78 is 13.1. The number of fused-ring (bicyclic) bond motifs is 1. The number of nitrogens with zero attached hydrogens (tertiary/aromatic N) is 2. The average molecular weight is 252 g/mol. The Labute approximate surface area is 108 Å². The summed E-state index contributed by atoms with van der Waals surface area (Å²) in [6, 6.07) is 10.4. The van der Waals surface area contributed by atoms with Crippen LogP contribution in [0.4, 0.5) is 4.39 Å². The molecular weight excluding hydrogens is 243 g/mol. The molecule has 0 amide bonds. The molecule has 3 aromatic rings. The van der Waals surface area contributed by atoms with Crippen LogP contribution in [0.5, 0.6) is 0 Å². The molecule has 3 rings (SSSR count). The predicted molar refractivity (Wildman–Crippen MR) is 69.4 cm³/mol. The van der Waals surface area contributed by atoms with E-state index >= 15 is 0 Å². The third kappa shape index (κ3) is 2.08. The molecule has 3 nitrogen and oxygen atoms in total. The lowest BCUT2D eigenvalue weighted by atomic mass is 10.0. The lowest BCUT2D eigenvalue weighted by Crippen LogP contribution is -2.05. The number of rotatable bonds is 2. The first kappa shape index (κ1) is 11.5. The molecule has 0 aliphatic rings. The van der Waals surface area contributed by atoms with E-state index in [9.17, 15) is 9.18 Å². The van der Waals surface area contributed by atoms with Crippen LogP contribution in [0.25, 0.3) is 10.8 Å². The molecule has 0 saturated heterocycles. The second-order valence-electron chi connectivity index (χ2n) is 4.10. The van der Waals surface area contributed by atoms with Gasteiger partial charge >= 0.3 is 0 Å². The molecule has 19 heavy (non-hydrogen) atoms. The molecule has 1 aromatic carbocycles. The topological polar surface area (TPSA) is 42.9 Å². The summed E-state index contributed by atoms with van der Waals surface area (Å²) in [5.74, 6) is -0.866. The molecule has 2 heterocycles. The molecule has 0 bridgehead atoms. The van der Waals surface area contributed by atoms with Gasteiger partial charge in [0.1, 0.15) is 11.5 Å². The highest BCUT2D eigenvalue weighted by Crippen LogP contribution is 2.19. The number of hydrogen-bond donors (Lipinski definition) is 0. The van der Waals surface area contributed by atoms with Gasteiger partial charge in [-0.05, 0) is 17.5 Å². The zero-order valence-electron chi connectivity index (χ0n) is 9.88. The Morgan fingerprint density at radius 2 is 1.95 bits per heavy atom. The van der Waals surface area contributed by atoms with Crippen LogP contribution in [0.3, 0.4) is 0 Å². The normalized spacial score (nSPS) is 10.6. The molecule has 0 aliphatic carbocycles. The smallest absolute Gasteiger partial charge is 0.213 e. The molecule has 0 saturated carbocycles. The van der Waals surface area contributed by atoms with Crippen molar-refractivity contribution < 1.29 is 9.18 Å². The van der Waals surface area contributed by atoms with Gasteiger partial charge in [0.15, 0.2) is 0 Å². The molecule has 0 spiro atoms. The van der Waals surface area contributed by atoms with Crippen LogP contribution in [-0.4, -0.2) is 15.8 Å². The van der Waals surface area contributed by atoms with Crippen molar-refractivity contribution in [1.82, 2.24) is 9.97 Å². The van der Waals surface area contributed by atoms with Gasteiger partial charge in [-0.15, -0.1) is 0 Å². The fraction of sp³-hybridized carbons (Fsp3) is 0. The summed E-state index contributed by atoms with van der Waals surface area (Å²) in [5, 5.41) is 1.67. The van der Waals surface area contributed by atoms with Gasteiger partial charge in [-0.1, -0.05) is 24.3 Å². The number of carbonyl (C=O) groups is 1. The Kier molecular flexibility index (Phi) is 2.76. The SMILES string of the molecule is O=C(c1cncc(F)c1)c1nccc2ccccc12. The third-order valence-corrected chi connectivity index (χ3v) is 2.86. The maximum Gasteiger partial charge on any atom is 0.213 e. The highest BCUT2D eigenvalue weighted by Gasteiger charge is 2.14. The zero-order valence-corrected chi connectivity index (χ0v) is 9.88. The van der Waals surface area contributed by atoms with Crippen molar-refractivity contribution in [2.24, 2.45) is 0 Å². The monoisotopic (exact) mass is 252 g/mol. The van der Waals surface area contributed by atoms with Crippen LogP contribution in [0.2, 0.25) is 0 Å². The summed E-state index contributed by atoms with van der Waals surface area (Å²) in [5.41, 5.74) is 0.509. The van der Waals surface area contributed by atoms with Gasteiger partial charge in [-0.3, -0.25) is 14.8 Å². The Bertz CT molecular complexity index is 765. The van der Waals surface area contributed by atoms with Gasteiger partial charge in [-0.25, -0.2) is 4.39 Å². The Morgan fingerprint density at radius 1 is 1.11 bits per heavy atom. The summed E-state index contributed by atoms with van der Waals surface area (Å²) in [6.45, 7) is 0. The van der Waals surface area contributed by atoms with E-state index in [1.54, 1.807) is 6.20 Å². The van der Waals surface area contributed by atoms with Crippen molar-refractivity contribution in [3.63, 3.8) is 0 Å². The maximum absolute atomic E-state index is 13.1. The van der Waals surface area contributed by atoms with E-state index in [4.69, 9.17) is 0 Å². The van der Waals surface area contributed by atoms with Gasteiger partial charge in [0.05, 0.1) is 6.20 Å². The van der Waals surface area contributed by atoms with Crippen molar-refractivity contribution in [3.8, 4) is 0 Å². The van der Waals surface area contributed by atoms with Crippen LogP contribution in [0, 0.1) is 5.82 Å². The number of pyridine rings is 2. The van der Waals surface area contributed by atoms with E-state index in [0.29, 0.717) is 5.69 Å². The second-order valence-corrected chi connectivity index (χ2v) is 4.10. The fourth-order valence-corrected chi connectivity index (χ4v) is 1.97. The Morgan fingerprint density at radius 3 is 2.79 bits per heavy atom. The van der Waals surface area contributed by atoms with Gasteiger partial charge in [0.25, 0.3) is 0 Å². The van der Waals surface area contributed by atoms with Crippen molar-refractivity contribution in [2.45, 2.75) is 0 Å². The third-order valence-electron chi connectivity index (χ3n) is 2.86. The number of halogens is 1. The Hall–Kier alpha value is -2.62. The summed E-state index contributed by atoms with van der Waals surface area (Å²) in [4.78, 5) is 20.1. The minimum absolute atomic E-state index is 0.198. The minimum Gasteiger partial charge on any atom is -0.287 e. The predicted octanol–water partition coefficient (Wildman–Crippen LogP) is 3.00. The first-order valence-electron chi connectivity index (χ1n) is 5.75. The molecule has 0 radical (unpaired) electrons. The van der Waals surface area contributed by atoms with Crippen LogP contribution in [-0.2, 0) is 0 Å². The van der Waals surface area contributed by atoms with E-state index in [1.807, 2.05) is 30.3 Å². The van der Waals surface area contributed by atoms with Crippen molar-refractivity contribution in [2.75, 3.05) is 0 Å². The molecule has 0 atom stereocenters. The van der Waals surface area contributed by atoms with E-state index < -0.39 is 5.82 Å². The number of carbonyl (C=O) groups excluding carboxylic acids is 1. The molecule has 0 N–H and O–H groups in total. The molecule has 0 fully saturated rings. The van der Waals surface area contributed by atoms with Crippen molar-refractivity contribution in [1.29, 1.82) is 0 Å². The largest absolute Gasteiger partial charge is 0.287 e. The van der Waals surface area contributed by atoms with Gasteiger partial charge in [0, 0.05) is 23.3 Å². The van der Waals surface area contributed by atoms with E-state index in [0.717, 1.165) is 17.0 Å². The Balaban J connectivity index is 2.17. The molecule has 4 heteroatoms. The van der Waals surface area contributed by atoms with Gasteiger partial charge in [0.2, 0.25) is 5.78 Å². The number of hydrogen-bond acceptors (Lipinski definition) is 3. The number of aromatic nitrogens is 2. The minimum atomic E-state index is -0.536. The zero-order chi connectivity index (χ0) is 13.2. The lowest BCUT2D eigenvalue weighted by molar-refractivity contribution is 0.103. The first-order valence-corrected chi connectivity index (χ1v) is 5.75. The van der Waals surface area contributed by atoms with Crippen LogP contribution in [0.1, 0.15) is 16.1 Å². The van der Waals surface area contributed by atoms with Crippen molar-refractivity contribution in [3.05, 3.63) is 72.1 Å². The summed E-state index contributed by atoms with van der Waals surface area (Å²) in [6.07, 6.45) is 3.98. The van der Waals surface area contributed by atoms with Gasteiger partial charge < -0.3 is 0 Å². The molecule has 0 aliphatic heterocycles. The van der Waals surface area contributed by atoms with Gasteiger partial charge in [-0.2, -0.15) is 0 Å². The van der Waals surface area contributed by atoms with Crippen LogP contribution in [0.15, 0.2) is 55.0 Å². The standard InChI is InChI=1S/C15H9FN2O/c16-12-7-11(8-17-9-12)15(19)14-13-4-2-1-3-10(13)5-6-18-14/h1-9H. The molecule has 0 unspecified atom stereocenters. The summed E-state index contributed by atoms with van der Waals surface area (Å²) >= 11 is 0. The number of benzene rings is 1. The highest BCUT2D eigenvalue weighted by atomic mass is 19.1. The molecular formula is C15H9FN2O. The quantitative estimate of drug-likeness (QED) is 0.658. The summed E-state index contributed by atoms with van der Waals surface area (Å²) in [7, 11) is 0. The maximum atomic E-state index is 13.1. The van der Waals surface area contributed by atoms with E-state index in [-0.39, 0.29) is 11.3 Å². The van der Waals surface area contributed by atoms with Crippen LogP contribution < -0.4 is 0 Å². The van der Waals surface area contributed by atoms with E-state index in [1.165, 1.54) is 12.3 Å². The molecule has 2 aromatic heterocycles. The fourth-order valence-electron chi connectivity index (χ4n) is 1.97. The highest BCUT2D eigenvalue weighted by molar-refractivity contribution is 6.14. The number of ketones is 1. The lowest BCUT2D eigenvalue weighted by Gasteiger charge is -2.04. The first-order chi connectivity index (χ1) is 9.25. The van der Waals surface area contributed by atoms with Crippen LogP contribution >= 0.6 is 0 Å². The van der Waals surface area contributed by atoms with E-state index in [2.05, 4.69) is 9.97 Å². The molecule has 92 valence electrons. The van der Waals surface area contributed by atoms with Crippen molar-refractivity contribution >= 4 is 16.6 Å². The average Bonchev–Trinajstić information content (AvgIpc) is 2.46. The second kappa shape index (κ2) is 4.57.